The molecule has 0 aromatic heterocycles. The fraction of sp³-hybridized carbons (Fsp3) is 0.263. The fourth-order valence-corrected chi connectivity index (χ4v) is 3.10. The number of amides is 1. The van der Waals surface area contributed by atoms with Gasteiger partial charge < -0.3 is 14.8 Å². The Morgan fingerprint density at radius 3 is 2.29 bits per heavy atom. The van der Waals surface area contributed by atoms with Crippen LogP contribution in [0.1, 0.15) is 17.3 Å². The number of methoxy groups -OCH3 is 1. The van der Waals surface area contributed by atoms with E-state index in [1.54, 1.807) is 24.3 Å². The maximum absolute atomic E-state index is 12.2. The Balaban J connectivity index is 2.02. The van der Waals surface area contributed by atoms with Crippen molar-refractivity contribution in [1.82, 2.24) is 4.31 Å². The third-order valence-electron chi connectivity index (χ3n) is 3.86. The van der Waals surface area contributed by atoms with Gasteiger partial charge in [-0.15, -0.1) is 0 Å². The normalized spacial score (nSPS) is 12.3. The Bertz CT molecular complexity index is 955. The summed E-state index contributed by atoms with van der Waals surface area (Å²) in [4.78, 5) is 24.5. The van der Waals surface area contributed by atoms with Gasteiger partial charge in [0, 0.05) is 25.8 Å². The number of esters is 1. The van der Waals surface area contributed by atoms with E-state index in [-0.39, 0.29) is 10.5 Å². The van der Waals surface area contributed by atoms with Crippen LogP contribution in [0, 0.1) is 0 Å². The molecule has 0 spiro atoms. The van der Waals surface area contributed by atoms with E-state index in [9.17, 15) is 18.0 Å². The molecule has 1 amide bonds. The largest absolute Gasteiger partial charge is 0.497 e. The van der Waals surface area contributed by atoms with Crippen molar-refractivity contribution in [2.24, 2.45) is 0 Å². The molecule has 0 heterocycles. The summed E-state index contributed by atoms with van der Waals surface area (Å²) in [6.07, 6.45) is -1.05. The van der Waals surface area contributed by atoms with Crippen molar-refractivity contribution in [1.29, 1.82) is 0 Å². The second-order valence-corrected chi connectivity index (χ2v) is 8.23. The summed E-state index contributed by atoms with van der Waals surface area (Å²) in [5.41, 5.74) is 0.643. The molecule has 150 valence electrons. The van der Waals surface area contributed by atoms with Crippen molar-refractivity contribution in [3.63, 3.8) is 0 Å². The van der Waals surface area contributed by atoms with E-state index in [1.807, 2.05) is 0 Å². The van der Waals surface area contributed by atoms with E-state index in [0.29, 0.717) is 11.4 Å². The van der Waals surface area contributed by atoms with Crippen LogP contribution in [0.15, 0.2) is 53.4 Å². The van der Waals surface area contributed by atoms with Crippen LogP contribution < -0.4 is 10.1 Å². The monoisotopic (exact) mass is 406 g/mol. The highest BCUT2D eigenvalue weighted by atomic mass is 32.2. The van der Waals surface area contributed by atoms with Crippen molar-refractivity contribution >= 4 is 27.6 Å². The van der Waals surface area contributed by atoms with E-state index in [4.69, 9.17) is 9.47 Å². The maximum atomic E-state index is 12.2. The molecule has 0 aliphatic carbocycles. The van der Waals surface area contributed by atoms with E-state index in [1.165, 1.54) is 52.4 Å². The summed E-state index contributed by atoms with van der Waals surface area (Å²) in [7, 11) is 0.758. The molecule has 9 heteroatoms. The summed E-state index contributed by atoms with van der Waals surface area (Å²) in [5.74, 6) is -0.661. The van der Waals surface area contributed by atoms with E-state index < -0.39 is 28.0 Å². The summed E-state index contributed by atoms with van der Waals surface area (Å²) in [6, 6.07) is 12.1. The smallest absolute Gasteiger partial charge is 0.338 e. The maximum Gasteiger partial charge on any atom is 0.338 e. The molecule has 0 aliphatic rings. The molecular formula is C19H22N2O6S. The number of nitrogens with zero attached hydrogens (tertiary/aromatic N) is 1. The SMILES string of the molecule is COc1cccc(NC(=O)[C@@H](C)OC(=O)c2ccc(S(=O)(=O)N(C)C)cc2)c1. The minimum absolute atomic E-state index is 0.0536. The van der Waals surface area contributed by atoms with E-state index in [0.717, 1.165) is 4.31 Å². The Kier molecular flexibility index (Phi) is 6.76. The van der Waals surface area contributed by atoms with Crippen molar-refractivity contribution in [2.45, 2.75) is 17.9 Å². The number of hydrogen-bond acceptors (Lipinski definition) is 6. The van der Waals surface area contributed by atoms with Crippen LogP contribution in [0.3, 0.4) is 0 Å². The van der Waals surface area contributed by atoms with Crippen LogP contribution in [0.2, 0.25) is 0 Å². The fourth-order valence-electron chi connectivity index (χ4n) is 2.20. The Morgan fingerprint density at radius 1 is 1.07 bits per heavy atom. The number of benzene rings is 2. The molecular weight excluding hydrogens is 384 g/mol. The predicted molar refractivity (Wildman–Crippen MR) is 104 cm³/mol. The molecule has 1 atom stereocenters. The van der Waals surface area contributed by atoms with Gasteiger partial charge in [-0.1, -0.05) is 6.07 Å². The number of ether oxygens (including phenoxy) is 2. The molecule has 0 aliphatic heterocycles. The molecule has 2 aromatic rings. The first-order chi connectivity index (χ1) is 13.1. The van der Waals surface area contributed by atoms with Crippen LogP contribution in [0.4, 0.5) is 5.69 Å². The van der Waals surface area contributed by atoms with E-state index >= 15 is 0 Å². The number of hydrogen-bond donors (Lipinski definition) is 1. The first kappa shape index (κ1) is 21.4. The second kappa shape index (κ2) is 8.85. The lowest BCUT2D eigenvalue weighted by atomic mass is 10.2. The molecule has 28 heavy (non-hydrogen) atoms. The third-order valence-corrected chi connectivity index (χ3v) is 5.69. The van der Waals surface area contributed by atoms with Gasteiger partial charge >= 0.3 is 5.97 Å². The molecule has 2 rings (SSSR count). The topological polar surface area (TPSA) is 102 Å². The summed E-state index contributed by atoms with van der Waals surface area (Å²) >= 11 is 0. The summed E-state index contributed by atoms with van der Waals surface area (Å²) in [6.45, 7) is 1.44. The molecule has 0 radical (unpaired) electrons. The quantitative estimate of drug-likeness (QED) is 0.707. The minimum atomic E-state index is -3.59. The molecule has 0 bridgehead atoms. The van der Waals surface area contributed by atoms with Gasteiger partial charge in [-0.2, -0.15) is 0 Å². The number of nitrogens with one attached hydrogen (secondary N) is 1. The standard InChI is InChI=1S/C19H22N2O6S/c1-13(18(22)20-15-6-5-7-16(12-15)26-4)27-19(23)14-8-10-17(11-9-14)28(24,25)21(2)3/h5-13H,1-4H3,(H,20,22)/t13-/m1/s1. The van der Waals surface area contributed by atoms with Crippen molar-refractivity contribution in [3.8, 4) is 5.75 Å². The van der Waals surface area contributed by atoms with Crippen molar-refractivity contribution in [2.75, 3.05) is 26.5 Å². The highest BCUT2D eigenvalue weighted by molar-refractivity contribution is 7.89. The first-order valence-electron chi connectivity index (χ1n) is 8.33. The number of rotatable bonds is 7. The van der Waals surface area contributed by atoms with Crippen molar-refractivity contribution < 1.29 is 27.5 Å². The lowest BCUT2D eigenvalue weighted by Crippen LogP contribution is -2.30. The Morgan fingerprint density at radius 2 is 1.71 bits per heavy atom. The van der Waals surface area contributed by atoms with Gasteiger partial charge in [-0.25, -0.2) is 17.5 Å². The zero-order valence-electron chi connectivity index (χ0n) is 16.0. The van der Waals surface area contributed by atoms with Gasteiger partial charge in [0.2, 0.25) is 10.0 Å². The second-order valence-electron chi connectivity index (χ2n) is 6.08. The Labute approximate surface area is 164 Å². The van der Waals surface area contributed by atoms with Gasteiger partial charge in [0.1, 0.15) is 5.75 Å². The van der Waals surface area contributed by atoms with E-state index in [2.05, 4.69) is 5.32 Å². The average molecular weight is 406 g/mol. The van der Waals surface area contributed by atoms with Gasteiger partial charge in [0.25, 0.3) is 5.91 Å². The number of carbonyl (C=O) groups excluding carboxylic acids is 2. The van der Waals surface area contributed by atoms with Gasteiger partial charge in [0.05, 0.1) is 17.6 Å². The molecule has 0 saturated heterocycles. The van der Waals surface area contributed by atoms with Crippen LogP contribution >= 0.6 is 0 Å². The van der Waals surface area contributed by atoms with Gasteiger partial charge in [-0.3, -0.25) is 4.79 Å². The van der Waals surface area contributed by atoms with Crippen molar-refractivity contribution in [3.05, 3.63) is 54.1 Å². The molecule has 2 aromatic carbocycles. The summed E-state index contributed by atoms with van der Waals surface area (Å²) < 4.78 is 35.4. The molecule has 0 fully saturated rings. The lowest BCUT2D eigenvalue weighted by molar-refractivity contribution is -0.123. The molecule has 0 saturated carbocycles. The molecule has 1 N–H and O–H groups in total. The lowest BCUT2D eigenvalue weighted by Gasteiger charge is -2.14. The number of carbonyl (C=O) groups is 2. The number of sulfonamides is 1. The van der Waals surface area contributed by atoms with Crippen LogP contribution in [-0.4, -0.2) is 51.9 Å². The minimum Gasteiger partial charge on any atom is -0.497 e. The molecule has 0 unspecified atom stereocenters. The van der Waals surface area contributed by atoms with Gasteiger partial charge in [-0.05, 0) is 43.3 Å². The Hall–Kier alpha value is -2.91. The third kappa shape index (κ3) is 5.08. The summed E-state index contributed by atoms with van der Waals surface area (Å²) in [5, 5.41) is 2.63. The molecule has 8 nitrogen and oxygen atoms in total. The highest BCUT2D eigenvalue weighted by Crippen LogP contribution is 2.18. The predicted octanol–water partition coefficient (Wildman–Crippen LogP) is 2.13. The number of anilines is 1. The van der Waals surface area contributed by atoms with Crippen LogP contribution in [0.25, 0.3) is 0 Å². The first-order valence-corrected chi connectivity index (χ1v) is 9.77. The van der Waals surface area contributed by atoms with Crippen LogP contribution in [0.5, 0.6) is 5.75 Å². The average Bonchev–Trinajstić information content (AvgIpc) is 2.67. The zero-order valence-corrected chi connectivity index (χ0v) is 16.8. The highest BCUT2D eigenvalue weighted by Gasteiger charge is 2.21. The van der Waals surface area contributed by atoms with Gasteiger partial charge in [0.15, 0.2) is 6.10 Å². The van der Waals surface area contributed by atoms with Crippen LogP contribution in [-0.2, 0) is 19.6 Å². The zero-order chi connectivity index (χ0) is 20.9.